The molecule has 3 aromatic rings. The second kappa shape index (κ2) is 10.5. The van der Waals surface area contributed by atoms with Gasteiger partial charge in [-0.1, -0.05) is 30.3 Å². The van der Waals surface area contributed by atoms with Crippen LogP contribution >= 0.6 is 0 Å². The molecule has 4 N–H and O–H groups in total. The number of likely N-dealkylation sites (N-methyl/N-ethyl adjacent to an activating group) is 1. The molecule has 10 nitrogen and oxygen atoms in total. The molecule has 0 saturated heterocycles. The van der Waals surface area contributed by atoms with Gasteiger partial charge in [0.15, 0.2) is 6.23 Å². The van der Waals surface area contributed by atoms with Gasteiger partial charge in [-0.25, -0.2) is 9.78 Å². The molecule has 1 aliphatic rings. The molecule has 10 heteroatoms. The molecule has 1 aliphatic heterocycles. The van der Waals surface area contributed by atoms with Crippen molar-refractivity contribution >= 4 is 29.2 Å². The van der Waals surface area contributed by atoms with Crippen molar-refractivity contribution in [3.8, 4) is 11.1 Å². The lowest BCUT2D eigenvalue weighted by Gasteiger charge is -2.46. The van der Waals surface area contributed by atoms with E-state index in [1.807, 2.05) is 54.3 Å². The fraction of sp³-hybridized carbons (Fsp3) is 0.333. The average molecular weight is 506 g/mol. The summed E-state index contributed by atoms with van der Waals surface area (Å²) in [5.74, 6) is -1.10. The normalized spacial score (nSPS) is 19.0. The van der Waals surface area contributed by atoms with E-state index in [0.717, 1.165) is 11.1 Å². The molecule has 0 radical (unpaired) electrons. The molecular weight excluding hydrogens is 474 g/mol. The van der Waals surface area contributed by atoms with Gasteiger partial charge in [-0.05, 0) is 42.7 Å². The number of hydrogen-bond acceptors (Lipinski definition) is 10. The summed E-state index contributed by atoms with van der Waals surface area (Å²) >= 11 is 0. The number of esters is 1. The highest BCUT2D eigenvalue weighted by molar-refractivity contribution is 6.21. The monoisotopic (exact) mass is 505 g/mol. The standard InChI is InChI=1S/C27H31N5O5/c1-5-32-20-14-17(16-10-8-7-9-11-16)12-18(13-19-15-30-26(29)31-23(19)28)21(20)22(33)27(36-4,24(32)35-3)25(34)37-6-2/h7-12,14-15,24H,5-6,13H2,1-4H3,(H4,28,29,30,31). The third-order valence-corrected chi connectivity index (χ3v) is 6.57. The molecule has 2 aromatic carbocycles. The Morgan fingerprint density at radius 1 is 1.08 bits per heavy atom. The molecule has 0 saturated carbocycles. The Balaban J connectivity index is 2.02. The lowest BCUT2D eigenvalue weighted by Crippen LogP contribution is -2.67. The predicted octanol–water partition coefficient (Wildman–Crippen LogP) is 2.84. The number of benzene rings is 2. The summed E-state index contributed by atoms with van der Waals surface area (Å²) in [6, 6.07) is 13.6. The largest absolute Gasteiger partial charge is 0.463 e. The molecule has 2 heterocycles. The first kappa shape index (κ1) is 26.1. The van der Waals surface area contributed by atoms with E-state index in [2.05, 4.69) is 9.97 Å². The highest BCUT2D eigenvalue weighted by Crippen LogP contribution is 2.43. The first-order valence-electron chi connectivity index (χ1n) is 12.0. The maximum Gasteiger partial charge on any atom is 0.351 e. The number of nitrogens with zero attached hydrogens (tertiary/aromatic N) is 3. The summed E-state index contributed by atoms with van der Waals surface area (Å²) in [5, 5.41) is 0. The quantitative estimate of drug-likeness (QED) is 0.346. The summed E-state index contributed by atoms with van der Waals surface area (Å²) in [6.45, 7) is 4.08. The van der Waals surface area contributed by atoms with E-state index >= 15 is 0 Å². The summed E-state index contributed by atoms with van der Waals surface area (Å²) in [6.07, 6.45) is 0.709. The number of hydrogen-bond donors (Lipinski definition) is 2. The van der Waals surface area contributed by atoms with Crippen molar-refractivity contribution in [3.05, 3.63) is 65.4 Å². The molecule has 0 spiro atoms. The van der Waals surface area contributed by atoms with Crippen molar-refractivity contribution in [1.29, 1.82) is 0 Å². The van der Waals surface area contributed by atoms with E-state index in [9.17, 15) is 9.59 Å². The number of fused-ring (bicyclic) bond motifs is 1. The number of anilines is 3. The molecule has 194 valence electrons. The van der Waals surface area contributed by atoms with Gasteiger partial charge in [0.05, 0.1) is 12.3 Å². The molecule has 0 fully saturated rings. The third kappa shape index (κ3) is 4.38. The molecule has 0 bridgehead atoms. The van der Waals surface area contributed by atoms with Gasteiger partial charge in [0, 0.05) is 44.5 Å². The Bertz CT molecular complexity index is 1320. The van der Waals surface area contributed by atoms with Gasteiger partial charge in [-0.3, -0.25) is 4.79 Å². The first-order valence-corrected chi connectivity index (χ1v) is 12.0. The maximum absolute atomic E-state index is 14.3. The number of Topliss-reactive ketones (excluding diaryl/α,β-unsaturated/α-hetero) is 1. The zero-order chi connectivity index (χ0) is 26.7. The molecular formula is C27H31N5O5. The van der Waals surface area contributed by atoms with Crippen LogP contribution in [-0.2, 0) is 25.4 Å². The van der Waals surface area contributed by atoms with Gasteiger partial charge in [-0.2, -0.15) is 4.98 Å². The van der Waals surface area contributed by atoms with Crippen LogP contribution in [0.15, 0.2) is 48.7 Å². The minimum Gasteiger partial charge on any atom is -0.463 e. The Morgan fingerprint density at radius 2 is 1.81 bits per heavy atom. The predicted molar refractivity (Wildman–Crippen MR) is 140 cm³/mol. The number of methoxy groups -OCH3 is 2. The number of ether oxygens (including phenoxy) is 3. The molecule has 37 heavy (non-hydrogen) atoms. The number of nitrogen functional groups attached to an aromatic ring is 2. The van der Waals surface area contributed by atoms with E-state index in [0.29, 0.717) is 28.9 Å². The number of carbonyl (C=O) groups is 2. The molecule has 2 unspecified atom stereocenters. The number of carbonyl (C=O) groups excluding carboxylic acids is 2. The number of ketones is 1. The Morgan fingerprint density at radius 3 is 2.41 bits per heavy atom. The van der Waals surface area contributed by atoms with Gasteiger partial charge in [0.25, 0.3) is 5.60 Å². The summed E-state index contributed by atoms with van der Waals surface area (Å²) in [7, 11) is 2.75. The first-order chi connectivity index (χ1) is 17.8. The van der Waals surface area contributed by atoms with Crippen molar-refractivity contribution in [3.63, 3.8) is 0 Å². The SMILES string of the molecule is CCOC(=O)C1(OC)C(=O)c2c(Cc3cnc(N)nc3N)cc(-c3ccccc3)cc2N(CC)C1OC. The van der Waals surface area contributed by atoms with E-state index < -0.39 is 23.6 Å². The second-order valence-electron chi connectivity index (χ2n) is 8.57. The van der Waals surface area contributed by atoms with Gasteiger partial charge in [0.1, 0.15) is 5.82 Å². The highest BCUT2D eigenvalue weighted by Gasteiger charge is 2.61. The van der Waals surface area contributed by atoms with Crippen LogP contribution in [0.5, 0.6) is 0 Å². The van der Waals surface area contributed by atoms with Crippen LogP contribution in [0.1, 0.15) is 35.3 Å². The van der Waals surface area contributed by atoms with Crippen LogP contribution in [0.4, 0.5) is 17.5 Å². The fourth-order valence-corrected chi connectivity index (χ4v) is 4.87. The minimum atomic E-state index is -2.03. The van der Waals surface area contributed by atoms with Crippen molar-refractivity contribution in [2.45, 2.75) is 32.1 Å². The topological polar surface area (TPSA) is 143 Å². The van der Waals surface area contributed by atoms with E-state index in [-0.39, 0.29) is 24.8 Å². The molecule has 1 aromatic heterocycles. The van der Waals surface area contributed by atoms with Crippen LogP contribution in [-0.4, -0.2) is 60.9 Å². The molecule has 4 rings (SSSR count). The van der Waals surface area contributed by atoms with Gasteiger partial charge < -0.3 is 30.6 Å². The van der Waals surface area contributed by atoms with Crippen LogP contribution in [0.25, 0.3) is 11.1 Å². The zero-order valence-corrected chi connectivity index (χ0v) is 21.4. The van der Waals surface area contributed by atoms with Gasteiger partial charge >= 0.3 is 5.97 Å². The number of nitrogens with two attached hydrogens (primary N) is 2. The maximum atomic E-state index is 14.3. The third-order valence-electron chi connectivity index (χ3n) is 6.57. The summed E-state index contributed by atoms with van der Waals surface area (Å²) in [5.41, 5.74) is 13.8. The van der Waals surface area contributed by atoms with Crippen molar-refractivity contribution in [2.24, 2.45) is 0 Å². The Kier molecular flexibility index (Phi) is 7.42. The lowest BCUT2D eigenvalue weighted by atomic mass is 9.80. The van der Waals surface area contributed by atoms with Crippen LogP contribution in [0, 0.1) is 0 Å². The van der Waals surface area contributed by atoms with Crippen LogP contribution in [0.2, 0.25) is 0 Å². The van der Waals surface area contributed by atoms with Gasteiger partial charge in [0.2, 0.25) is 11.7 Å². The minimum absolute atomic E-state index is 0.0539. The van der Waals surface area contributed by atoms with Gasteiger partial charge in [-0.15, -0.1) is 0 Å². The van der Waals surface area contributed by atoms with Crippen LogP contribution in [0.3, 0.4) is 0 Å². The van der Waals surface area contributed by atoms with E-state index in [4.69, 9.17) is 25.7 Å². The summed E-state index contributed by atoms with van der Waals surface area (Å²) < 4.78 is 16.8. The fourth-order valence-electron chi connectivity index (χ4n) is 4.87. The second-order valence-corrected chi connectivity index (χ2v) is 8.57. The summed E-state index contributed by atoms with van der Waals surface area (Å²) in [4.78, 5) is 37.6. The molecule has 0 amide bonds. The van der Waals surface area contributed by atoms with Crippen LogP contribution < -0.4 is 16.4 Å². The molecule has 0 aliphatic carbocycles. The molecule has 2 atom stereocenters. The van der Waals surface area contributed by atoms with Crippen molar-refractivity contribution in [2.75, 3.05) is 43.7 Å². The number of aromatic nitrogens is 2. The van der Waals surface area contributed by atoms with E-state index in [1.54, 1.807) is 6.92 Å². The Hall–Kier alpha value is -4.02. The Labute approximate surface area is 215 Å². The lowest BCUT2D eigenvalue weighted by molar-refractivity contribution is -0.177. The smallest absolute Gasteiger partial charge is 0.351 e. The zero-order valence-electron chi connectivity index (χ0n) is 21.4. The average Bonchev–Trinajstić information content (AvgIpc) is 2.90. The number of rotatable bonds is 8. The van der Waals surface area contributed by atoms with E-state index in [1.165, 1.54) is 20.4 Å². The van der Waals surface area contributed by atoms with Crippen molar-refractivity contribution in [1.82, 2.24) is 9.97 Å². The highest BCUT2D eigenvalue weighted by atomic mass is 16.6. The van der Waals surface area contributed by atoms with Crippen molar-refractivity contribution < 1.29 is 23.8 Å².